The number of hydrogen-bond acceptors (Lipinski definition) is 5. The topological polar surface area (TPSA) is 84.5 Å². The van der Waals surface area contributed by atoms with Crippen LogP contribution in [-0.2, 0) is 25.5 Å². The van der Waals surface area contributed by atoms with Crippen molar-refractivity contribution in [3.05, 3.63) is 46.7 Å². The van der Waals surface area contributed by atoms with Crippen molar-refractivity contribution < 1.29 is 19.1 Å². The number of benzene rings is 1. The Bertz CT molecular complexity index is 711. The molecule has 1 heterocycles. The maximum absolute atomic E-state index is 12.1. The molecule has 0 saturated carbocycles. The molecule has 7 heteroatoms. The number of amides is 2. The second-order valence-corrected chi connectivity index (χ2v) is 5.97. The van der Waals surface area contributed by atoms with E-state index < -0.39 is 18.0 Å². The molecule has 126 valence electrons. The molecular formula is C17H18N2O4S. The first-order valence-corrected chi connectivity index (χ1v) is 8.27. The van der Waals surface area contributed by atoms with Gasteiger partial charge in [0, 0.05) is 18.3 Å². The molecule has 0 aliphatic carbocycles. The summed E-state index contributed by atoms with van der Waals surface area (Å²) in [4.78, 5) is 34.8. The van der Waals surface area contributed by atoms with E-state index in [1.807, 2.05) is 16.8 Å². The molecular weight excluding hydrogens is 328 g/mol. The average Bonchev–Trinajstić information content (AvgIpc) is 3.01. The molecule has 6 nitrogen and oxygen atoms in total. The van der Waals surface area contributed by atoms with Crippen molar-refractivity contribution in [1.29, 1.82) is 0 Å². The van der Waals surface area contributed by atoms with Crippen LogP contribution in [0.15, 0.2) is 41.1 Å². The highest BCUT2D eigenvalue weighted by atomic mass is 32.1. The molecule has 24 heavy (non-hydrogen) atoms. The number of nitrogens with one attached hydrogen (secondary N) is 2. The molecule has 1 aromatic carbocycles. The van der Waals surface area contributed by atoms with E-state index in [1.54, 1.807) is 24.3 Å². The number of ether oxygens (including phenoxy) is 1. The summed E-state index contributed by atoms with van der Waals surface area (Å²) in [5.74, 6) is -1.03. The molecule has 0 fully saturated rings. The van der Waals surface area contributed by atoms with Gasteiger partial charge in [-0.15, -0.1) is 0 Å². The van der Waals surface area contributed by atoms with Crippen LogP contribution < -0.4 is 10.6 Å². The lowest BCUT2D eigenvalue weighted by atomic mass is 10.2. The molecule has 1 aromatic heterocycles. The van der Waals surface area contributed by atoms with Gasteiger partial charge in [-0.1, -0.05) is 0 Å². The first-order valence-electron chi connectivity index (χ1n) is 7.33. The standard InChI is InChI=1S/C17H18N2O4S/c1-11(23-16(21)9-13-7-8-24-10-13)17(22)19-15-5-3-14(4-6-15)18-12(2)20/h3-8,10-11H,9H2,1-2H3,(H,18,20)(H,19,22). The van der Waals surface area contributed by atoms with Gasteiger partial charge in [0.1, 0.15) is 0 Å². The van der Waals surface area contributed by atoms with E-state index >= 15 is 0 Å². The molecule has 0 spiro atoms. The van der Waals surface area contributed by atoms with Crippen molar-refractivity contribution in [2.45, 2.75) is 26.4 Å². The summed E-state index contributed by atoms with van der Waals surface area (Å²) in [6.07, 6.45) is -0.752. The Hall–Kier alpha value is -2.67. The fourth-order valence-electron chi connectivity index (χ4n) is 1.94. The number of esters is 1. The largest absolute Gasteiger partial charge is 0.452 e. The quantitative estimate of drug-likeness (QED) is 0.788. The van der Waals surface area contributed by atoms with Crippen LogP contribution in [0.3, 0.4) is 0 Å². The molecule has 0 saturated heterocycles. The van der Waals surface area contributed by atoms with Crippen LogP contribution in [0.1, 0.15) is 19.4 Å². The van der Waals surface area contributed by atoms with Gasteiger partial charge in [-0.2, -0.15) is 11.3 Å². The van der Waals surface area contributed by atoms with Crippen LogP contribution in [0.25, 0.3) is 0 Å². The van der Waals surface area contributed by atoms with Crippen LogP contribution >= 0.6 is 11.3 Å². The lowest BCUT2D eigenvalue weighted by Gasteiger charge is -2.13. The number of rotatable bonds is 6. The van der Waals surface area contributed by atoms with Crippen molar-refractivity contribution >= 4 is 40.5 Å². The van der Waals surface area contributed by atoms with Gasteiger partial charge in [0.25, 0.3) is 5.91 Å². The normalized spacial score (nSPS) is 11.4. The minimum Gasteiger partial charge on any atom is -0.452 e. The minimum absolute atomic E-state index is 0.145. The first kappa shape index (κ1) is 17.7. The first-order chi connectivity index (χ1) is 11.4. The highest BCUT2D eigenvalue weighted by molar-refractivity contribution is 7.08. The minimum atomic E-state index is -0.897. The van der Waals surface area contributed by atoms with Gasteiger partial charge < -0.3 is 15.4 Å². The highest BCUT2D eigenvalue weighted by Crippen LogP contribution is 2.14. The number of carbonyl (C=O) groups is 3. The van der Waals surface area contributed by atoms with Crippen LogP contribution in [0, 0.1) is 0 Å². The summed E-state index contributed by atoms with van der Waals surface area (Å²) < 4.78 is 5.13. The molecule has 0 aliphatic rings. The van der Waals surface area contributed by atoms with E-state index in [0.717, 1.165) is 5.56 Å². The Labute approximate surface area is 143 Å². The van der Waals surface area contributed by atoms with Gasteiger partial charge in [-0.05, 0) is 53.6 Å². The zero-order valence-corrected chi connectivity index (χ0v) is 14.2. The van der Waals surface area contributed by atoms with Crippen molar-refractivity contribution in [3.8, 4) is 0 Å². The number of thiophene rings is 1. The van der Waals surface area contributed by atoms with E-state index in [4.69, 9.17) is 4.74 Å². The van der Waals surface area contributed by atoms with Crippen LogP contribution in [-0.4, -0.2) is 23.9 Å². The third kappa shape index (κ3) is 5.51. The van der Waals surface area contributed by atoms with Gasteiger partial charge in [0.15, 0.2) is 6.10 Å². The molecule has 1 atom stereocenters. The average molecular weight is 346 g/mol. The monoisotopic (exact) mass is 346 g/mol. The van der Waals surface area contributed by atoms with E-state index in [2.05, 4.69) is 10.6 Å². The molecule has 0 bridgehead atoms. The maximum Gasteiger partial charge on any atom is 0.311 e. The Morgan fingerprint density at radius 2 is 1.71 bits per heavy atom. The van der Waals surface area contributed by atoms with Gasteiger partial charge >= 0.3 is 5.97 Å². The van der Waals surface area contributed by atoms with E-state index in [1.165, 1.54) is 25.2 Å². The number of hydrogen-bond donors (Lipinski definition) is 2. The van der Waals surface area contributed by atoms with Crippen LogP contribution in [0.2, 0.25) is 0 Å². The van der Waals surface area contributed by atoms with Crippen molar-refractivity contribution in [3.63, 3.8) is 0 Å². The van der Waals surface area contributed by atoms with Gasteiger partial charge in [-0.25, -0.2) is 0 Å². The van der Waals surface area contributed by atoms with E-state index in [0.29, 0.717) is 11.4 Å². The van der Waals surface area contributed by atoms with Gasteiger partial charge in [-0.3, -0.25) is 14.4 Å². The zero-order chi connectivity index (χ0) is 17.5. The zero-order valence-electron chi connectivity index (χ0n) is 13.4. The fourth-order valence-corrected chi connectivity index (χ4v) is 2.60. The predicted molar refractivity (Wildman–Crippen MR) is 93.0 cm³/mol. The summed E-state index contributed by atoms with van der Waals surface area (Å²) in [5.41, 5.74) is 2.05. The van der Waals surface area contributed by atoms with E-state index in [9.17, 15) is 14.4 Å². The Balaban J connectivity index is 1.84. The number of carbonyl (C=O) groups excluding carboxylic acids is 3. The molecule has 0 radical (unpaired) electrons. The van der Waals surface area contributed by atoms with E-state index in [-0.39, 0.29) is 12.3 Å². The third-order valence-corrected chi connectivity index (χ3v) is 3.81. The third-order valence-electron chi connectivity index (χ3n) is 3.08. The highest BCUT2D eigenvalue weighted by Gasteiger charge is 2.18. The summed E-state index contributed by atoms with van der Waals surface area (Å²) >= 11 is 1.50. The molecule has 1 unspecified atom stereocenters. The maximum atomic E-state index is 12.1. The SMILES string of the molecule is CC(=O)Nc1ccc(NC(=O)C(C)OC(=O)Cc2ccsc2)cc1. The summed E-state index contributed by atoms with van der Waals surface area (Å²) in [6, 6.07) is 8.49. The molecule has 2 amide bonds. The molecule has 2 N–H and O–H groups in total. The Kier molecular flexibility index (Phi) is 6.08. The molecule has 2 rings (SSSR count). The lowest BCUT2D eigenvalue weighted by Crippen LogP contribution is -2.30. The van der Waals surface area contributed by atoms with Crippen LogP contribution in [0.5, 0.6) is 0 Å². The summed E-state index contributed by atoms with van der Waals surface area (Å²) in [5, 5.41) is 9.04. The van der Waals surface area contributed by atoms with Crippen molar-refractivity contribution in [2.75, 3.05) is 10.6 Å². The lowest BCUT2D eigenvalue weighted by molar-refractivity contribution is -0.152. The van der Waals surface area contributed by atoms with Crippen molar-refractivity contribution in [2.24, 2.45) is 0 Å². The summed E-state index contributed by atoms with van der Waals surface area (Å²) in [6.45, 7) is 2.94. The van der Waals surface area contributed by atoms with Crippen LogP contribution in [0.4, 0.5) is 11.4 Å². The van der Waals surface area contributed by atoms with Gasteiger partial charge in [0.2, 0.25) is 5.91 Å². The Morgan fingerprint density at radius 3 is 2.25 bits per heavy atom. The Morgan fingerprint density at radius 1 is 1.08 bits per heavy atom. The molecule has 2 aromatic rings. The smallest absolute Gasteiger partial charge is 0.311 e. The second kappa shape index (κ2) is 8.26. The number of anilines is 2. The predicted octanol–water partition coefficient (Wildman–Crippen LogP) is 2.82. The van der Waals surface area contributed by atoms with Crippen molar-refractivity contribution in [1.82, 2.24) is 0 Å². The van der Waals surface area contributed by atoms with Gasteiger partial charge in [0.05, 0.1) is 6.42 Å². The summed E-state index contributed by atoms with van der Waals surface area (Å²) in [7, 11) is 0. The molecule has 0 aliphatic heterocycles. The second-order valence-electron chi connectivity index (χ2n) is 5.19. The fraction of sp³-hybridized carbons (Fsp3) is 0.235.